The summed E-state index contributed by atoms with van der Waals surface area (Å²) in [4.78, 5) is 11.9. The van der Waals surface area contributed by atoms with Crippen LogP contribution in [0, 0.1) is 0 Å². The highest BCUT2D eigenvalue weighted by Crippen LogP contribution is 2.31. The van der Waals surface area contributed by atoms with Gasteiger partial charge in [-0.3, -0.25) is 4.79 Å². The lowest BCUT2D eigenvalue weighted by atomic mass is 10.1. The number of hydrogen-bond acceptors (Lipinski definition) is 6. The number of fused-ring (bicyclic) bond motifs is 1. The number of ether oxygens (including phenoxy) is 2. The van der Waals surface area contributed by atoms with Crippen molar-refractivity contribution < 1.29 is 19.4 Å². The molecular formula is C17H17N3O4. The van der Waals surface area contributed by atoms with Crippen molar-refractivity contribution in [3.05, 3.63) is 53.6 Å². The van der Waals surface area contributed by atoms with Crippen molar-refractivity contribution >= 4 is 12.1 Å². The first-order chi connectivity index (χ1) is 11.6. The predicted molar refractivity (Wildman–Crippen MR) is 88.1 cm³/mol. The molecule has 1 aliphatic heterocycles. The van der Waals surface area contributed by atoms with Crippen molar-refractivity contribution in [3.8, 4) is 17.2 Å². The van der Waals surface area contributed by atoms with E-state index in [0.29, 0.717) is 17.9 Å². The summed E-state index contributed by atoms with van der Waals surface area (Å²) in [6, 6.07) is 11.2. The van der Waals surface area contributed by atoms with E-state index in [9.17, 15) is 9.90 Å². The molecule has 7 nitrogen and oxygen atoms in total. The van der Waals surface area contributed by atoms with Gasteiger partial charge in [-0.2, -0.15) is 5.10 Å². The van der Waals surface area contributed by atoms with Crippen molar-refractivity contribution in [1.29, 1.82) is 0 Å². The normalized spacial score (nSPS) is 13.9. The van der Waals surface area contributed by atoms with E-state index in [-0.39, 0.29) is 18.4 Å². The van der Waals surface area contributed by atoms with Crippen LogP contribution in [0.3, 0.4) is 0 Å². The topological polar surface area (TPSA) is 106 Å². The number of nitrogens with two attached hydrogens (primary N) is 1. The number of carbonyl (C=O) groups excluding carboxylic acids is 1. The first kappa shape index (κ1) is 15.8. The highest BCUT2D eigenvalue weighted by molar-refractivity contribution is 5.85. The maximum Gasteiger partial charge on any atom is 0.257 e. The van der Waals surface area contributed by atoms with Gasteiger partial charge in [0.15, 0.2) is 11.5 Å². The van der Waals surface area contributed by atoms with E-state index in [1.165, 1.54) is 6.21 Å². The number of benzene rings is 2. The zero-order chi connectivity index (χ0) is 16.9. The molecular weight excluding hydrogens is 310 g/mol. The third-order valence-corrected chi connectivity index (χ3v) is 3.51. The van der Waals surface area contributed by atoms with Crippen molar-refractivity contribution in [2.45, 2.75) is 12.5 Å². The van der Waals surface area contributed by atoms with Crippen LogP contribution in [-0.2, 0) is 11.2 Å². The number of rotatable bonds is 5. The average Bonchev–Trinajstić information content (AvgIpc) is 3.04. The van der Waals surface area contributed by atoms with Gasteiger partial charge < -0.3 is 20.3 Å². The second-order valence-corrected chi connectivity index (χ2v) is 5.32. The van der Waals surface area contributed by atoms with Gasteiger partial charge in [0, 0.05) is 0 Å². The van der Waals surface area contributed by atoms with Gasteiger partial charge in [-0.15, -0.1) is 0 Å². The highest BCUT2D eigenvalue weighted by Gasteiger charge is 2.14. The van der Waals surface area contributed by atoms with Gasteiger partial charge in [-0.05, 0) is 47.9 Å². The standard InChI is InChI=1S/C17H17N3O4/c18-14(7-11-1-4-13(21)5-2-11)17(22)20-19-9-12-3-6-15-16(8-12)24-10-23-15/h1-6,8-9,14,21H,7,10,18H2,(H,20,22)/b19-9+/t14-/m1/s1. The molecule has 7 heteroatoms. The van der Waals surface area contributed by atoms with Gasteiger partial charge in [0.1, 0.15) is 5.75 Å². The zero-order valence-corrected chi connectivity index (χ0v) is 12.8. The van der Waals surface area contributed by atoms with Gasteiger partial charge in [0.05, 0.1) is 12.3 Å². The van der Waals surface area contributed by atoms with E-state index >= 15 is 0 Å². The number of phenols is 1. The monoisotopic (exact) mass is 327 g/mol. The number of nitrogens with one attached hydrogen (secondary N) is 1. The minimum Gasteiger partial charge on any atom is -0.508 e. The van der Waals surface area contributed by atoms with Crippen LogP contribution in [0.2, 0.25) is 0 Å². The van der Waals surface area contributed by atoms with Gasteiger partial charge in [0.2, 0.25) is 6.79 Å². The SMILES string of the molecule is N[C@H](Cc1ccc(O)cc1)C(=O)N/N=C/c1ccc2c(c1)OCO2. The van der Waals surface area contributed by atoms with Crippen LogP contribution in [0.5, 0.6) is 17.2 Å². The Bertz CT molecular complexity index is 759. The molecule has 0 aromatic heterocycles. The lowest BCUT2D eigenvalue weighted by molar-refractivity contribution is -0.122. The summed E-state index contributed by atoms with van der Waals surface area (Å²) in [5.41, 5.74) is 9.90. The Hall–Kier alpha value is -3.06. The maximum absolute atomic E-state index is 11.9. The van der Waals surface area contributed by atoms with Crippen LogP contribution in [0.4, 0.5) is 0 Å². The number of carbonyl (C=O) groups is 1. The van der Waals surface area contributed by atoms with Gasteiger partial charge in [-0.25, -0.2) is 5.43 Å². The molecule has 0 fully saturated rings. The summed E-state index contributed by atoms with van der Waals surface area (Å²) in [7, 11) is 0. The molecule has 0 aliphatic carbocycles. The van der Waals surface area contributed by atoms with Crippen molar-refractivity contribution in [2.24, 2.45) is 10.8 Å². The van der Waals surface area contributed by atoms with Crippen LogP contribution in [0.1, 0.15) is 11.1 Å². The maximum atomic E-state index is 11.9. The van der Waals surface area contributed by atoms with Crippen molar-refractivity contribution in [3.63, 3.8) is 0 Å². The molecule has 3 rings (SSSR count). The van der Waals surface area contributed by atoms with E-state index in [1.807, 2.05) is 0 Å². The number of hydrazone groups is 1. The molecule has 0 bridgehead atoms. The molecule has 4 N–H and O–H groups in total. The van der Waals surface area contributed by atoms with Crippen LogP contribution < -0.4 is 20.6 Å². The van der Waals surface area contributed by atoms with Crippen LogP contribution >= 0.6 is 0 Å². The molecule has 0 unspecified atom stereocenters. The average molecular weight is 327 g/mol. The number of phenolic OH excluding ortho intramolecular Hbond substituents is 1. The van der Waals surface area contributed by atoms with Gasteiger partial charge in [0.25, 0.3) is 5.91 Å². The Labute approximate surface area is 138 Å². The van der Waals surface area contributed by atoms with Gasteiger partial charge >= 0.3 is 0 Å². The Morgan fingerprint density at radius 2 is 2.00 bits per heavy atom. The number of nitrogens with zero attached hydrogens (tertiary/aromatic N) is 1. The molecule has 1 aliphatic rings. The Balaban J connectivity index is 1.53. The lowest BCUT2D eigenvalue weighted by Crippen LogP contribution is -2.39. The fraction of sp³-hybridized carbons (Fsp3) is 0.176. The summed E-state index contributed by atoms with van der Waals surface area (Å²) in [5.74, 6) is 1.12. The van der Waals surface area contributed by atoms with E-state index in [4.69, 9.17) is 15.2 Å². The largest absolute Gasteiger partial charge is 0.508 e. The van der Waals surface area contributed by atoms with Crippen LogP contribution in [-0.4, -0.2) is 30.1 Å². The summed E-state index contributed by atoms with van der Waals surface area (Å²) in [6.07, 6.45) is 1.86. The number of hydrogen-bond donors (Lipinski definition) is 3. The van der Waals surface area contributed by atoms with E-state index in [0.717, 1.165) is 11.1 Å². The Kier molecular flexibility index (Phi) is 4.62. The Morgan fingerprint density at radius 3 is 2.79 bits per heavy atom. The summed E-state index contributed by atoms with van der Waals surface area (Å²) >= 11 is 0. The molecule has 0 radical (unpaired) electrons. The molecule has 1 amide bonds. The fourth-order valence-electron chi connectivity index (χ4n) is 2.23. The van der Waals surface area contributed by atoms with Crippen molar-refractivity contribution in [2.75, 3.05) is 6.79 Å². The summed E-state index contributed by atoms with van der Waals surface area (Å²) in [5, 5.41) is 13.1. The second kappa shape index (κ2) is 7.01. The summed E-state index contributed by atoms with van der Waals surface area (Å²) in [6.45, 7) is 0.207. The molecule has 1 heterocycles. The predicted octanol–water partition coefficient (Wildman–Crippen LogP) is 1.14. The molecule has 2 aromatic rings. The molecule has 2 aromatic carbocycles. The minimum absolute atomic E-state index is 0.171. The third kappa shape index (κ3) is 3.82. The molecule has 124 valence electrons. The molecule has 0 spiro atoms. The number of amides is 1. The molecule has 1 atom stereocenters. The fourth-order valence-corrected chi connectivity index (χ4v) is 2.23. The van der Waals surface area contributed by atoms with E-state index in [1.54, 1.807) is 42.5 Å². The number of aromatic hydroxyl groups is 1. The van der Waals surface area contributed by atoms with E-state index in [2.05, 4.69) is 10.5 Å². The Morgan fingerprint density at radius 1 is 1.25 bits per heavy atom. The molecule has 0 saturated heterocycles. The van der Waals surface area contributed by atoms with Crippen LogP contribution in [0.15, 0.2) is 47.6 Å². The third-order valence-electron chi connectivity index (χ3n) is 3.51. The first-order valence-electron chi connectivity index (χ1n) is 7.38. The minimum atomic E-state index is -0.733. The lowest BCUT2D eigenvalue weighted by Gasteiger charge is -2.09. The summed E-state index contributed by atoms with van der Waals surface area (Å²) < 4.78 is 10.5. The van der Waals surface area contributed by atoms with Crippen molar-refractivity contribution in [1.82, 2.24) is 5.43 Å². The zero-order valence-electron chi connectivity index (χ0n) is 12.8. The van der Waals surface area contributed by atoms with E-state index < -0.39 is 6.04 Å². The smallest absolute Gasteiger partial charge is 0.257 e. The van der Waals surface area contributed by atoms with Gasteiger partial charge in [-0.1, -0.05) is 12.1 Å². The molecule has 24 heavy (non-hydrogen) atoms. The first-order valence-corrected chi connectivity index (χ1v) is 7.38. The molecule has 0 saturated carbocycles. The highest BCUT2D eigenvalue weighted by atomic mass is 16.7. The quantitative estimate of drug-likeness (QED) is 0.564. The second-order valence-electron chi connectivity index (χ2n) is 5.32. The van der Waals surface area contributed by atoms with Crippen LogP contribution in [0.25, 0.3) is 0 Å².